The molecule has 0 radical (unpaired) electrons. The van der Waals surface area contributed by atoms with Crippen molar-refractivity contribution in [1.82, 2.24) is 10.2 Å². The molecule has 0 saturated carbocycles. The van der Waals surface area contributed by atoms with Crippen molar-refractivity contribution in [2.24, 2.45) is 0 Å². The molecule has 2 rings (SSSR count). The minimum Gasteiger partial charge on any atom is -0.465 e. The molecule has 0 heterocycles. The van der Waals surface area contributed by atoms with Gasteiger partial charge in [0.15, 0.2) is 0 Å². The van der Waals surface area contributed by atoms with Crippen molar-refractivity contribution in [2.45, 2.75) is 27.3 Å². The van der Waals surface area contributed by atoms with Crippen molar-refractivity contribution in [2.75, 3.05) is 32.6 Å². The van der Waals surface area contributed by atoms with Crippen molar-refractivity contribution >= 4 is 23.5 Å². The monoisotopic (exact) mass is 411 g/mol. The molecule has 0 fully saturated rings. The standard InChI is InChI=1S/C23H29N3O4/c1-15-10-16(2)22(17(3)11-15)25-21(28)14-26(4)13-20(27)24-12-18-6-8-19(9-7-18)23(29)30-5/h6-11H,12-14H2,1-5H3,(H,24,27)(H,25,28). The normalized spacial score (nSPS) is 10.6. The Hall–Kier alpha value is -3.19. The first-order valence-corrected chi connectivity index (χ1v) is 9.69. The van der Waals surface area contributed by atoms with Crippen LogP contribution < -0.4 is 10.6 Å². The van der Waals surface area contributed by atoms with Gasteiger partial charge in [-0.1, -0.05) is 29.8 Å². The Kier molecular flexibility index (Phi) is 8.12. The number of benzene rings is 2. The van der Waals surface area contributed by atoms with E-state index in [1.165, 1.54) is 7.11 Å². The van der Waals surface area contributed by atoms with E-state index < -0.39 is 5.97 Å². The second-order valence-corrected chi connectivity index (χ2v) is 7.46. The number of nitrogens with zero attached hydrogens (tertiary/aromatic N) is 1. The molecule has 7 heteroatoms. The molecule has 0 saturated heterocycles. The average molecular weight is 412 g/mol. The summed E-state index contributed by atoms with van der Waals surface area (Å²) in [6.45, 7) is 6.48. The van der Waals surface area contributed by atoms with Crippen molar-refractivity contribution in [1.29, 1.82) is 0 Å². The Bertz CT molecular complexity index is 900. The molecule has 160 valence electrons. The van der Waals surface area contributed by atoms with Gasteiger partial charge in [0, 0.05) is 12.2 Å². The summed E-state index contributed by atoms with van der Waals surface area (Å²) in [5.74, 6) is -0.759. The Morgan fingerprint density at radius 2 is 1.50 bits per heavy atom. The Balaban J connectivity index is 1.80. The number of nitrogens with one attached hydrogen (secondary N) is 2. The van der Waals surface area contributed by atoms with Gasteiger partial charge in [-0.2, -0.15) is 0 Å². The van der Waals surface area contributed by atoms with E-state index in [9.17, 15) is 14.4 Å². The fourth-order valence-corrected chi connectivity index (χ4v) is 3.24. The number of rotatable bonds is 8. The van der Waals surface area contributed by atoms with E-state index in [0.29, 0.717) is 12.1 Å². The number of aryl methyl sites for hydroxylation is 3. The number of likely N-dealkylation sites (N-methyl/N-ethyl adjacent to an activating group) is 1. The van der Waals surface area contributed by atoms with Crippen LogP contribution in [0.1, 0.15) is 32.6 Å². The van der Waals surface area contributed by atoms with E-state index in [1.807, 2.05) is 32.9 Å². The van der Waals surface area contributed by atoms with Crippen LogP contribution in [-0.2, 0) is 20.9 Å². The van der Waals surface area contributed by atoms with Gasteiger partial charge in [-0.15, -0.1) is 0 Å². The summed E-state index contributed by atoms with van der Waals surface area (Å²) in [5.41, 5.74) is 5.31. The zero-order valence-corrected chi connectivity index (χ0v) is 18.2. The smallest absolute Gasteiger partial charge is 0.337 e. The van der Waals surface area contributed by atoms with E-state index in [4.69, 9.17) is 0 Å². The Morgan fingerprint density at radius 3 is 2.07 bits per heavy atom. The first-order valence-electron chi connectivity index (χ1n) is 9.69. The van der Waals surface area contributed by atoms with E-state index in [-0.39, 0.29) is 24.9 Å². The molecule has 30 heavy (non-hydrogen) atoms. The van der Waals surface area contributed by atoms with Crippen LogP contribution >= 0.6 is 0 Å². The van der Waals surface area contributed by atoms with Gasteiger partial charge in [-0.05, 0) is 56.6 Å². The molecule has 0 aliphatic heterocycles. The summed E-state index contributed by atoms with van der Waals surface area (Å²) in [6, 6.07) is 10.9. The third-order valence-corrected chi connectivity index (χ3v) is 4.63. The SMILES string of the molecule is COC(=O)c1ccc(CNC(=O)CN(C)CC(=O)Nc2c(C)cc(C)cc2C)cc1. The summed E-state index contributed by atoms with van der Waals surface area (Å²) < 4.78 is 4.66. The maximum Gasteiger partial charge on any atom is 0.337 e. The third kappa shape index (κ3) is 6.70. The highest BCUT2D eigenvalue weighted by atomic mass is 16.5. The van der Waals surface area contributed by atoms with Crippen LogP contribution in [0.15, 0.2) is 36.4 Å². The zero-order chi connectivity index (χ0) is 22.3. The minimum atomic E-state index is -0.401. The lowest BCUT2D eigenvalue weighted by Gasteiger charge is -2.18. The molecule has 0 aliphatic rings. The number of anilines is 1. The number of esters is 1. The molecule has 2 amide bonds. The van der Waals surface area contributed by atoms with Crippen LogP contribution in [0.2, 0.25) is 0 Å². The number of carbonyl (C=O) groups is 3. The van der Waals surface area contributed by atoms with Gasteiger partial charge in [0.25, 0.3) is 0 Å². The van der Waals surface area contributed by atoms with Crippen LogP contribution in [0.25, 0.3) is 0 Å². The molecular weight excluding hydrogens is 382 g/mol. The van der Waals surface area contributed by atoms with Crippen LogP contribution in [0.5, 0.6) is 0 Å². The van der Waals surface area contributed by atoms with Gasteiger partial charge < -0.3 is 15.4 Å². The van der Waals surface area contributed by atoms with E-state index in [0.717, 1.165) is 27.9 Å². The molecule has 2 N–H and O–H groups in total. The highest BCUT2D eigenvalue weighted by Gasteiger charge is 2.13. The third-order valence-electron chi connectivity index (χ3n) is 4.63. The number of carbonyl (C=O) groups excluding carboxylic acids is 3. The second kappa shape index (κ2) is 10.5. The predicted molar refractivity (Wildman–Crippen MR) is 116 cm³/mol. The topological polar surface area (TPSA) is 87.7 Å². The van der Waals surface area contributed by atoms with E-state index in [1.54, 1.807) is 36.2 Å². The summed E-state index contributed by atoms with van der Waals surface area (Å²) >= 11 is 0. The largest absolute Gasteiger partial charge is 0.465 e. The Labute approximate surface area is 177 Å². The fourth-order valence-electron chi connectivity index (χ4n) is 3.24. The van der Waals surface area contributed by atoms with Gasteiger partial charge in [-0.25, -0.2) is 4.79 Å². The van der Waals surface area contributed by atoms with Crippen molar-refractivity contribution in [3.05, 3.63) is 64.2 Å². The lowest BCUT2D eigenvalue weighted by atomic mass is 10.1. The summed E-state index contributed by atoms with van der Waals surface area (Å²) in [5, 5.41) is 5.75. The molecule has 0 aliphatic carbocycles. The highest BCUT2D eigenvalue weighted by molar-refractivity contribution is 5.94. The summed E-state index contributed by atoms with van der Waals surface area (Å²) in [6.07, 6.45) is 0. The van der Waals surface area contributed by atoms with E-state index in [2.05, 4.69) is 15.4 Å². The van der Waals surface area contributed by atoms with Crippen LogP contribution in [0.3, 0.4) is 0 Å². The maximum absolute atomic E-state index is 12.4. The number of ether oxygens (including phenoxy) is 1. The first-order chi connectivity index (χ1) is 14.2. The molecule has 0 aromatic heterocycles. The highest BCUT2D eigenvalue weighted by Crippen LogP contribution is 2.21. The molecule has 0 unspecified atom stereocenters. The van der Waals surface area contributed by atoms with Gasteiger partial charge in [0.05, 0.1) is 25.8 Å². The number of methoxy groups -OCH3 is 1. The summed E-state index contributed by atoms with van der Waals surface area (Å²) in [4.78, 5) is 37.6. The second-order valence-electron chi connectivity index (χ2n) is 7.46. The number of hydrogen-bond donors (Lipinski definition) is 2. The number of amides is 2. The van der Waals surface area contributed by atoms with Crippen molar-refractivity contribution < 1.29 is 19.1 Å². The molecule has 2 aromatic carbocycles. The molecule has 7 nitrogen and oxygen atoms in total. The summed E-state index contributed by atoms with van der Waals surface area (Å²) in [7, 11) is 3.05. The predicted octanol–water partition coefficient (Wildman–Crippen LogP) is 2.59. The molecule has 0 spiro atoms. The van der Waals surface area contributed by atoms with Crippen LogP contribution in [-0.4, -0.2) is 49.9 Å². The van der Waals surface area contributed by atoms with Crippen molar-refractivity contribution in [3.63, 3.8) is 0 Å². The van der Waals surface area contributed by atoms with Crippen molar-refractivity contribution in [3.8, 4) is 0 Å². The van der Waals surface area contributed by atoms with Crippen LogP contribution in [0, 0.1) is 20.8 Å². The van der Waals surface area contributed by atoms with E-state index >= 15 is 0 Å². The number of hydrogen-bond acceptors (Lipinski definition) is 5. The quantitative estimate of drug-likeness (QED) is 0.652. The van der Waals surface area contributed by atoms with Gasteiger partial charge >= 0.3 is 5.97 Å². The van der Waals surface area contributed by atoms with Gasteiger partial charge in [-0.3, -0.25) is 14.5 Å². The van der Waals surface area contributed by atoms with Crippen LogP contribution in [0.4, 0.5) is 5.69 Å². The molecule has 0 bridgehead atoms. The maximum atomic E-state index is 12.4. The first kappa shape index (κ1) is 23.1. The van der Waals surface area contributed by atoms with Gasteiger partial charge in [0.1, 0.15) is 0 Å². The lowest BCUT2D eigenvalue weighted by Crippen LogP contribution is -2.38. The minimum absolute atomic E-state index is 0.0968. The average Bonchev–Trinajstić information content (AvgIpc) is 2.68. The zero-order valence-electron chi connectivity index (χ0n) is 18.2. The Morgan fingerprint density at radius 1 is 0.933 bits per heavy atom. The molecule has 2 aromatic rings. The molecule has 0 atom stereocenters. The van der Waals surface area contributed by atoms with Gasteiger partial charge in [0.2, 0.25) is 11.8 Å². The fraction of sp³-hybridized carbons (Fsp3) is 0.348. The molecular formula is C23H29N3O4. The lowest BCUT2D eigenvalue weighted by molar-refractivity contribution is -0.123.